The lowest BCUT2D eigenvalue weighted by atomic mass is 10.3. The van der Waals surface area contributed by atoms with Crippen LogP contribution in [0.3, 0.4) is 0 Å². The molecule has 0 aromatic carbocycles. The molecule has 1 saturated carbocycles. The normalized spacial score (nSPS) is 20.5. The molecule has 0 spiro atoms. The topological polar surface area (TPSA) is 49.3 Å². The summed E-state index contributed by atoms with van der Waals surface area (Å²) in [5.74, 6) is -0.0116. The van der Waals surface area contributed by atoms with Crippen LogP contribution in [0.2, 0.25) is 0 Å². The van der Waals surface area contributed by atoms with Crippen LogP contribution in [0.5, 0.6) is 0 Å². The molecular weight excluding hydrogens is 130 g/mol. The number of hydrogen-bond donors (Lipinski definition) is 2. The van der Waals surface area contributed by atoms with E-state index in [2.05, 4.69) is 5.32 Å². The Hall–Kier alpha value is -0.570. The third-order valence-electron chi connectivity index (χ3n) is 1.78. The van der Waals surface area contributed by atoms with Crippen molar-refractivity contribution in [3.63, 3.8) is 0 Å². The first-order chi connectivity index (χ1) is 4.70. The van der Waals surface area contributed by atoms with E-state index in [4.69, 9.17) is 5.11 Å². The van der Waals surface area contributed by atoms with Crippen LogP contribution in [0.25, 0.3) is 0 Å². The van der Waals surface area contributed by atoms with Gasteiger partial charge in [0.05, 0.1) is 0 Å². The molecule has 0 saturated heterocycles. The second-order valence-electron chi connectivity index (χ2n) is 2.91. The van der Waals surface area contributed by atoms with Crippen molar-refractivity contribution in [3.8, 4) is 0 Å². The van der Waals surface area contributed by atoms with Crippen molar-refractivity contribution in [2.75, 3.05) is 6.54 Å². The van der Waals surface area contributed by atoms with Gasteiger partial charge in [-0.3, -0.25) is 4.79 Å². The lowest BCUT2D eigenvalue weighted by Gasteiger charge is -2.06. The SMILES string of the molecule is CC(NCC1CC1)C(=O)O. The predicted molar refractivity (Wildman–Crippen MR) is 37.8 cm³/mol. The predicted octanol–water partition coefficient (Wildman–Crippen LogP) is 0.459. The van der Waals surface area contributed by atoms with E-state index in [1.54, 1.807) is 6.92 Å². The molecular formula is C7H13NO2. The molecule has 10 heavy (non-hydrogen) atoms. The summed E-state index contributed by atoms with van der Waals surface area (Å²) < 4.78 is 0. The quantitative estimate of drug-likeness (QED) is 0.601. The molecule has 1 atom stereocenters. The zero-order chi connectivity index (χ0) is 7.56. The minimum absolute atomic E-state index is 0.388. The number of aliphatic carboxylic acids is 1. The van der Waals surface area contributed by atoms with Crippen LogP contribution in [0.4, 0.5) is 0 Å². The molecule has 0 radical (unpaired) electrons. The van der Waals surface area contributed by atoms with Crippen molar-refractivity contribution in [2.45, 2.75) is 25.8 Å². The van der Waals surface area contributed by atoms with Crippen LogP contribution in [0, 0.1) is 5.92 Å². The second kappa shape index (κ2) is 3.01. The van der Waals surface area contributed by atoms with Crippen molar-refractivity contribution in [2.24, 2.45) is 5.92 Å². The molecule has 1 aliphatic carbocycles. The van der Waals surface area contributed by atoms with E-state index in [1.165, 1.54) is 12.8 Å². The van der Waals surface area contributed by atoms with E-state index in [1.807, 2.05) is 0 Å². The summed E-state index contributed by atoms with van der Waals surface area (Å²) in [4.78, 5) is 10.3. The molecule has 0 heterocycles. The third-order valence-corrected chi connectivity index (χ3v) is 1.78. The molecule has 0 aliphatic heterocycles. The Morgan fingerprint density at radius 1 is 1.80 bits per heavy atom. The van der Waals surface area contributed by atoms with E-state index >= 15 is 0 Å². The average Bonchev–Trinajstić information content (AvgIpc) is 2.64. The van der Waals surface area contributed by atoms with Gasteiger partial charge >= 0.3 is 5.97 Å². The van der Waals surface area contributed by atoms with Gasteiger partial charge in [-0.1, -0.05) is 0 Å². The van der Waals surface area contributed by atoms with Crippen LogP contribution in [0.15, 0.2) is 0 Å². The molecule has 58 valence electrons. The van der Waals surface area contributed by atoms with Gasteiger partial charge in [0.2, 0.25) is 0 Å². The van der Waals surface area contributed by atoms with E-state index in [0.29, 0.717) is 0 Å². The summed E-state index contributed by atoms with van der Waals surface area (Å²) in [6.45, 7) is 2.54. The first-order valence-corrected chi connectivity index (χ1v) is 3.66. The largest absolute Gasteiger partial charge is 0.480 e. The maximum Gasteiger partial charge on any atom is 0.320 e. The lowest BCUT2D eigenvalue weighted by molar-refractivity contribution is -0.139. The Labute approximate surface area is 60.4 Å². The Balaban J connectivity index is 2.05. The fraction of sp³-hybridized carbons (Fsp3) is 0.857. The molecule has 2 N–H and O–H groups in total. The Morgan fingerprint density at radius 2 is 2.40 bits per heavy atom. The third kappa shape index (κ3) is 2.35. The van der Waals surface area contributed by atoms with Gasteiger partial charge in [-0.2, -0.15) is 0 Å². The fourth-order valence-corrected chi connectivity index (χ4v) is 0.753. The molecule has 0 aromatic rings. The number of carboxylic acids is 1. The van der Waals surface area contributed by atoms with Gasteiger partial charge in [0.1, 0.15) is 6.04 Å². The molecule has 3 nitrogen and oxygen atoms in total. The molecule has 3 heteroatoms. The van der Waals surface area contributed by atoms with Crippen LogP contribution in [0.1, 0.15) is 19.8 Å². The molecule has 1 rings (SSSR count). The highest BCUT2D eigenvalue weighted by atomic mass is 16.4. The molecule has 0 bridgehead atoms. The van der Waals surface area contributed by atoms with Crippen LogP contribution in [-0.2, 0) is 4.79 Å². The van der Waals surface area contributed by atoms with E-state index in [-0.39, 0.29) is 6.04 Å². The Bertz CT molecular complexity index is 132. The van der Waals surface area contributed by atoms with Crippen LogP contribution < -0.4 is 5.32 Å². The first-order valence-electron chi connectivity index (χ1n) is 3.66. The van der Waals surface area contributed by atoms with Gasteiger partial charge in [0, 0.05) is 0 Å². The minimum Gasteiger partial charge on any atom is -0.480 e. The first kappa shape index (κ1) is 7.54. The summed E-state index contributed by atoms with van der Waals surface area (Å²) in [6.07, 6.45) is 2.53. The monoisotopic (exact) mass is 143 g/mol. The highest BCUT2D eigenvalue weighted by Crippen LogP contribution is 2.27. The number of nitrogens with one attached hydrogen (secondary N) is 1. The van der Waals surface area contributed by atoms with Gasteiger partial charge in [0.25, 0.3) is 0 Å². The fourth-order valence-electron chi connectivity index (χ4n) is 0.753. The van der Waals surface area contributed by atoms with Crippen molar-refractivity contribution in [1.29, 1.82) is 0 Å². The van der Waals surface area contributed by atoms with Crippen molar-refractivity contribution in [1.82, 2.24) is 5.32 Å². The number of carbonyl (C=O) groups is 1. The highest BCUT2D eigenvalue weighted by molar-refractivity contribution is 5.72. The van der Waals surface area contributed by atoms with E-state index < -0.39 is 5.97 Å². The smallest absolute Gasteiger partial charge is 0.320 e. The zero-order valence-electron chi connectivity index (χ0n) is 6.13. The van der Waals surface area contributed by atoms with Crippen LogP contribution in [-0.4, -0.2) is 23.7 Å². The molecule has 1 unspecified atom stereocenters. The molecule has 0 amide bonds. The van der Waals surface area contributed by atoms with Crippen molar-refractivity contribution >= 4 is 5.97 Å². The standard InChI is InChI=1S/C7H13NO2/c1-5(7(9)10)8-4-6-2-3-6/h5-6,8H,2-4H2,1H3,(H,9,10). The van der Waals surface area contributed by atoms with E-state index in [9.17, 15) is 4.79 Å². The van der Waals surface area contributed by atoms with Gasteiger partial charge in [-0.25, -0.2) is 0 Å². The van der Waals surface area contributed by atoms with Crippen molar-refractivity contribution in [3.05, 3.63) is 0 Å². The molecule has 0 aromatic heterocycles. The molecule has 1 aliphatic rings. The van der Waals surface area contributed by atoms with Gasteiger partial charge in [-0.05, 0) is 32.2 Å². The maximum absolute atomic E-state index is 10.3. The second-order valence-corrected chi connectivity index (χ2v) is 2.91. The number of carboxylic acid groups (broad SMARTS) is 1. The summed E-state index contributed by atoms with van der Waals surface area (Å²) in [7, 11) is 0. The number of hydrogen-bond acceptors (Lipinski definition) is 2. The summed E-state index contributed by atoms with van der Waals surface area (Å²) in [6, 6.07) is -0.388. The van der Waals surface area contributed by atoms with Gasteiger partial charge in [0.15, 0.2) is 0 Å². The van der Waals surface area contributed by atoms with Crippen molar-refractivity contribution < 1.29 is 9.90 Å². The average molecular weight is 143 g/mol. The summed E-state index contributed by atoms with van der Waals surface area (Å²) in [5, 5.41) is 11.4. The zero-order valence-corrected chi connectivity index (χ0v) is 6.13. The van der Waals surface area contributed by atoms with Gasteiger partial charge < -0.3 is 10.4 Å². The summed E-state index contributed by atoms with van der Waals surface area (Å²) >= 11 is 0. The highest BCUT2D eigenvalue weighted by Gasteiger charge is 2.22. The molecule has 1 fully saturated rings. The number of rotatable bonds is 4. The van der Waals surface area contributed by atoms with E-state index in [0.717, 1.165) is 12.5 Å². The minimum atomic E-state index is -0.763. The Morgan fingerprint density at radius 3 is 2.80 bits per heavy atom. The Kier molecular flexibility index (Phi) is 2.27. The van der Waals surface area contributed by atoms with Crippen LogP contribution >= 0.6 is 0 Å². The maximum atomic E-state index is 10.3. The van der Waals surface area contributed by atoms with Gasteiger partial charge in [-0.15, -0.1) is 0 Å². The lowest BCUT2D eigenvalue weighted by Crippen LogP contribution is -2.34. The summed E-state index contributed by atoms with van der Waals surface area (Å²) in [5.41, 5.74) is 0.